The standard InChI is InChI=1S/C18H22N4O3S/c1-14-4-2-6-16(22(24)25)18(14)19-17(23)13-21-9-7-20(8-10-21)12-15-5-3-11-26-15/h2-6,11H,7-10,12-13H2,1H3,(H,19,23)/p+2. The van der Waals surface area contributed by atoms with Crippen molar-refractivity contribution < 1.29 is 19.5 Å². The number of hydrogen-bond donors (Lipinski definition) is 3. The first-order valence-corrected chi connectivity index (χ1v) is 9.64. The Balaban J connectivity index is 1.51. The van der Waals surface area contributed by atoms with E-state index in [9.17, 15) is 14.9 Å². The van der Waals surface area contributed by atoms with Crippen LogP contribution in [0.25, 0.3) is 0 Å². The smallest absolute Gasteiger partial charge is 0.293 e. The molecule has 1 aliphatic rings. The monoisotopic (exact) mass is 376 g/mol. The molecule has 0 radical (unpaired) electrons. The van der Waals surface area contributed by atoms with Crippen LogP contribution < -0.4 is 15.1 Å². The van der Waals surface area contributed by atoms with E-state index in [4.69, 9.17) is 0 Å². The molecule has 0 aliphatic carbocycles. The van der Waals surface area contributed by atoms with E-state index in [0.29, 0.717) is 17.8 Å². The van der Waals surface area contributed by atoms with Crippen molar-refractivity contribution in [1.29, 1.82) is 0 Å². The molecule has 1 saturated heterocycles. The highest BCUT2D eigenvalue weighted by Gasteiger charge is 2.26. The van der Waals surface area contributed by atoms with Crippen LogP contribution in [0.15, 0.2) is 35.7 Å². The number of rotatable bonds is 6. The molecule has 138 valence electrons. The lowest BCUT2D eigenvalue weighted by molar-refractivity contribution is -1.01. The molecule has 3 rings (SSSR count). The third-order valence-corrected chi connectivity index (χ3v) is 5.67. The van der Waals surface area contributed by atoms with Gasteiger partial charge in [0.25, 0.3) is 11.6 Å². The number of quaternary nitrogens is 2. The second kappa shape index (κ2) is 8.39. The summed E-state index contributed by atoms with van der Waals surface area (Å²) in [4.78, 5) is 27.3. The molecule has 1 amide bonds. The van der Waals surface area contributed by atoms with E-state index in [1.807, 2.05) is 0 Å². The number of para-hydroxylation sites is 1. The minimum absolute atomic E-state index is 0.0569. The summed E-state index contributed by atoms with van der Waals surface area (Å²) in [5, 5.41) is 16.0. The fourth-order valence-electron chi connectivity index (χ4n) is 3.35. The van der Waals surface area contributed by atoms with Crippen LogP contribution >= 0.6 is 11.3 Å². The number of anilines is 1. The summed E-state index contributed by atoms with van der Waals surface area (Å²) in [7, 11) is 0. The van der Waals surface area contributed by atoms with E-state index < -0.39 is 4.92 Å². The number of hydrogen-bond acceptors (Lipinski definition) is 4. The van der Waals surface area contributed by atoms with Gasteiger partial charge in [0, 0.05) is 6.07 Å². The van der Waals surface area contributed by atoms with Crippen molar-refractivity contribution in [3.05, 3.63) is 56.3 Å². The van der Waals surface area contributed by atoms with Crippen LogP contribution in [0.1, 0.15) is 10.4 Å². The third kappa shape index (κ3) is 4.66. The highest BCUT2D eigenvalue weighted by molar-refractivity contribution is 7.09. The highest BCUT2D eigenvalue weighted by atomic mass is 32.1. The molecule has 1 fully saturated rings. The van der Waals surface area contributed by atoms with E-state index in [1.54, 1.807) is 35.3 Å². The zero-order valence-corrected chi connectivity index (χ0v) is 15.6. The van der Waals surface area contributed by atoms with Gasteiger partial charge in [-0.25, -0.2) is 0 Å². The number of nitro benzene ring substituents is 1. The van der Waals surface area contributed by atoms with Crippen LogP contribution in [0.4, 0.5) is 11.4 Å². The summed E-state index contributed by atoms with van der Waals surface area (Å²) in [5.41, 5.74) is 0.954. The second-order valence-corrected chi connectivity index (χ2v) is 7.74. The summed E-state index contributed by atoms with van der Waals surface area (Å²) in [6.45, 7) is 7.09. The van der Waals surface area contributed by atoms with Crippen molar-refractivity contribution in [2.45, 2.75) is 13.5 Å². The number of aryl methyl sites for hydroxylation is 1. The lowest BCUT2D eigenvalue weighted by atomic mass is 10.1. The highest BCUT2D eigenvalue weighted by Crippen LogP contribution is 2.27. The SMILES string of the molecule is Cc1cccc([N+](=O)[O-])c1NC(=O)C[NH+]1CC[NH+](Cc2cccs2)CC1. The lowest BCUT2D eigenvalue weighted by Crippen LogP contribution is -3.28. The summed E-state index contributed by atoms with van der Waals surface area (Å²) < 4.78 is 0. The summed E-state index contributed by atoms with van der Waals surface area (Å²) >= 11 is 1.79. The Kier molecular flexibility index (Phi) is 5.97. The fraction of sp³-hybridized carbons (Fsp3) is 0.389. The van der Waals surface area contributed by atoms with Gasteiger partial charge in [0.1, 0.15) is 38.4 Å². The number of benzene rings is 1. The predicted octanol–water partition coefficient (Wildman–Crippen LogP) is -0.113. The van der Waals surface area contributed by atoms with E-state index in [1.165, 1.54) is 15.8 Å². The van der Waals surface area contributed by atoms with Gasteiger partial charge in [-0.1, -0.05) is 18.2 Å². The molecule has 1 aromatic heterocycles. The largest absolute Gasteiger partial charge is 0.321 e. The number of amides is 1. The molecule has 0 atom stereocenters. The molecule has 26 heavy (non-hydrogen) atoms. The van der Waals surface area contributed by atoms with Gasteiger partial charge in [-0.05, 0) is 23.9 Å². The number of carbonyl (C=O) groups is 1. The maximum atomic E-state index is 12.4. The molecule has 7 nitrogen and oxygen atoms in total. The average molecular weight is 376 g/mol. The Labute approximate surface area is 156 Å². The molecule has 1 aromatic carbocycles. The van der Waals surface area contributed by atoms with Gasteiger partial charge in [0.15, 0.2) is 6.54 Å². The average Bonchev–Trinajstić information content (AvgIpc) is 3.11. The maximum Gasteiger partial charge on any atom is 0.293 e. The molecule has 0 saturated carbocycles. The van der Waals surface area contributed by atoms with E-state index in [-0.39, 0.29) is 11.6 Å². The Hall–Kier alpha value is -2.29. The van der Waals surface area contributed by atoms with Gasteiger partial charge in [0.05, 0.1) is 9.80 Å². The number of piperazine rings is 1. The summed E-state index contributed by atoms with van der Waals surface area (Å²) in [5.74, 6) is -0.167. The Morgan fingerprint density at radius 1 is 1.19 bits per heavy atom. The molecule has 2 heterocycles. The molecule has 3 N–H and O–H groups in total. The number of nitrogens with zero attached hydrogens (tertiary/aromatic N) is 1. The van der Waals surface area contributed by atoms with Crippen molar-refractivity contribution in [3.63, 3.8) is 0 Å². The molecule has 8 heteroatoms. The quantitative estimate of drug-likeness (QED) is 0.486. The zero-order valence-electron chi connectivity index (χ0n) is 14.8. The van der Waals surface area contributed by atoms with Crippen LogP contribution in [0.2, 0.25) is 0 Å². The van der Waals surface area contributed by atoms with Crippen molar-refractivity contribution in [3.8, 4) is 0 Å². The molecular weight excluding hydrogens is 352 g/mol. The number of thiophene rings is 1. The lowest BCUT2D eigenvalue weighted by Gasteiger charge is -2.29. The summed E-state index contributed by atoms with van der Waals surface area (Å²) in [6.07, 6.45) is 0. The molecule has 0 bridgehead atoms. The van der Waals surface area contributed by atoms with Crippen LogP contribution in [0.3, 0.4) is 0 Å². The van der Waals surface area contributed by atoms with Crippen LogP contribution in [-0.2, 0) is 11.3 Å². The Morgan fingerprint density at radius 3 is 2.58 bits per heavy atom. The molecule has 0 unspecified atom stereocenters. The van der Waals surface area contributed by atoms with Gasteiger partial charge in [0.2, 0.25) is 0 Å². The van der Waals surface area contributed by atoms with Crippen molar-refractivity contribution >= 4 is 28.6 Å². The first-order chi connectivity index (χ1) is 12.5. The minimum Gasteiger partial charge on any atom is -0.321 e. The molecule has 2 aromatic rings. The number of carbonyl (C=O) groups excluding carboxylic acids is 1. The maximum absolute atomic E-state index is 12.4. The van der Waals surface area contributed by atoms with Crippen LogP contribution in [0.5, 0.6) is 0 Å². The van der Waals surface area contributed by atoms with Crippen molar-refractivity contribution in [2.75, 3.05) is 38.0 Å². The first-order valence-electron chi connectivity index (χ1n) is 8.76. The van der Waals surface area contributed by atoms with Crippen LogP contribution in [0, 0.1) is 17.0 Å². The Bertz CT molecular complexity index is 771. The molecule has 0 spiro atoms. The van der Waals surface area contributed by atoms with Gasteiger partial charge in [-0.2, -0.15) is 0 Å². The minimum atomic E-state index is -0.456. The van der Waals surface area contributed by atoms with Gasteiger partial charge in [-0.15, -0.1) is 11.3 Å². The second-order valence-electron chi connectivity index (χ2n) is 6.71. The zero-order chi connectivity index (χ0) is 18.5. The summed E-state index contributed by atoms with van der Waals surface area (Å²) in [6, 6.07) is 9.06. The van der Waals surface area contributed by atoms with Gasteiger partial charge < -0.3 is 15.1 Å². The van der Waals surface area contributed by atoms with Gasteiger partial charge >= 0.3 is 0 Å². The topological polar surface area (TPSA) is 81.1 Å². The third-order valence-electron chi connectivity index (χ3n) is 4.79. The predicted molar refractivity (Wildman–Crippen MR) is 101 cm³/mol. The van der Waals surface area contributed by atoms with Crippen LogP contribution in [-0.4, -0.2) is 43.6 Å². The van der Waals surface area contributed by atoms with Gasteiger partial charge in [-0.3, -0.25) is 14.9 Å². The first kappa shape index (κ1) is 18.5. The molecular formula is C18H24N4O3S+2. The van der Waals surface area contributed by atoms with E-state index >= 15 is 0 Å². The van der Waals surface area contributed by atoms with Crippen molar-refractivity contribution in [2.24, 2.45) is 0 Å². The number of nitro groups is 1. The van der Waals surface area contributed by atoms with E-state index in [2.05, 4.69) is 22.8 Å². The number of nitrogens with one attached hydrogen (secondary N) is 3. The Morgan fingerprint density at radius 2 is 1.92 bits per heavy atom. The normalized spacial score (nSPS) is 19.9. The fourth-order valence-corrected chi connectivity index (χ4v) is 4.12. The van der Waals surface area contributed by atoms with Crippen molar-refractivity contribution in [1.82, 2.24) is 0 Å². The van der Waals surface area contributed by atoms with E-state index in [0.717, 1.165) is 32.7 Å². The molecule has 1 aliphatic heterocycles.